The maximum atomic E-state index is 12.8. The first-order valence-electron chi connectivity index (χ1n) is 11.1. The third-order valence-corrected chi connectivity index (χ3v) is 7.90. The highest BCUT2D eigenvalue weighted by molar-refractivity contribution is 7.89. The standard InChI is InChI=1S/C24H28N4O5S/c1-16(24(30)28-14-13-17-7-5-6-8-20(17)28)33-23(29)12-11-22-25-19-15-18(34(31,32)26(2)3)9-10-21(19)27(22)4/h5-10,15-16H,11-14H2,1-4H3/t16-/m1/s1. The Morgan fingerprint density at radius 2 is 1.91 bits per heavy atom. The van der Waals surface area contributed by atoms with Crippen LogP contribution in [0, 0.1) is 0 Å². The number of hydrogen-bond acceptors (Lipinski definition) is 6. The minimum absolute atomic E-state index is 0.0498. The molecule has 10 heteroatoms. The second-order valence-electron chi connectivity index (χ2n) is 8.53. The maximum absolute atomic E-state index is 12.8. The minimum atomic E-state index is -3.57. The zero-order valence-electron chi connectivity index (χ0n) is 19.7. The van der Waals surface area contributed by atoms with Gasteiger partial charge in [-0.3, -0.25) is 9.59 Å². The fourth-order valence-corrected chi connectivity index (χ4v) is 5.05. The fraction of sp³-hybridized carbons (Fsp3) is 0.375. The van der Waals surface area contributed by atoms with Crippen LogP contribution in [0.2, 0.25) is 0 Å². The lowest BCUT2D eigenvalue weighted by Crippen LogP contribution is -2.39. The normalized spacial score (nSPS) is 14.4. The van der Waals surface area contributed by atoms with Crippen LogP contribution in [0.25, 0.3) is 11.0 Å². The zero-order valence-corrected chi connectivity index (χ0v) is 20.5. The van der Waals surface area contributed by atoms with E-state index >= 15 is 0 Å². The quantitative estimate of drug-likeness (QED) is 0.477. The number of amides is 1. The van der Waals surface area contributed by atoms with E-state index in [9.17, 15) is 18.0 Å². The molecule has 0 radical (unpaired) electrons. The number of aromatic nitrogens is 2. The number of nitrogens with zero attached hydrogens (tertiary/aromatic N) is 4. The SMILES string of the molecule is C[C@@H](OC(=O)CCc1nc2cc(S(=O)(=O)N(C)C)ccc2n1C)C(=O)N1CCc2ccccc21. The first-order chi connectivity index (χ1) is 16.1. The summed E-state index contributed by atoms with van der Waals surface area (Å²) in [4.78, 5) is 31.6. The summed E-state index contributed by atoms with van der Waals surface area (Å²) in [6.07, 6.45) is 0.242. The molecule has 1 atom stereocenters. The van der Waals surface area contributed by atoms with Gasteiger partial charge in [-0.1, -0.05) is 18.2 Å². The van der Waals surface area contributed by atoms with Crippen molar-refractivity contribution >= 4 is 38.6 Å². The molecule has 0 saturated heterocycles. The van der Waals surface area contributed by atoms with Gasteiger partial charge in [-0.15, -0.1) is 0 Å². The Kier molecular flexibility index (Phi) is 6.46. The number of para-hydroxylation sites is 1. The van der Waals surface area contributed by atoms with E-state index in [1.165, 1.54) is 20.2 Å². The monoisotopic (exact) mass is 484 g/mol. The van der Waals surface area contributed by atoms with Crippen LogP contribution in [0.15, 0.2) is 47.4 Å². The number of aryl methyl sites for hydroxylation is 2. The van der Waals surface area contributed by atoms with Crippen LogP contribution in [-0.4, -0.2) is 60.9 Å². The third-order valence-electron chi connectivity index (χ3n) is 6.09. The van der Waals surface area contributed by atoms with Crippen molar-refractivity contribution in [3.05, 3.63) is 53.9 Å². The molecule has 0 fully saturated rings. The molecular formula is C24H28N4O5S. The summed E-state index contributed by atoms with van der Waals surface area (Å²) in [6.45, 7) is 2.16. The van der Waals surface area contributed by atoms with Gasteiger partial charge in [0, 0.05) is 39.8 Å². The molecule has 1 aliphatic rings. The van der Waals surface area contributed by atoms with E-state index in [1.54, 1.807) is 24.0 Å². The van der Waals surface area contributed by atoms with E-state index < -0.39 is 22.1 Å². The molecule has 2 aromatic carbocycles. The van der Waals surface area contributed by atoms with Gasteiger partial charge in [0.25, 0.3) is 5.91 Å². The fourth-order valence-electron chi connectivity index (χ4n) is 4.13. The van der Waals surface area contributed by atoms with E-state index in [0.29, 0.717) is 24.3 Å². The van der Waals surface area contributed by atoms with Crippen LogP contribution in [-0.2, 0) is 44.2 Å². The van der Waals surface area contributed by atoms with Crippen LogP contribution in [0.4, 0.5) is 5.69 Å². The Bertz CT molecular complexity index is 1360. The predicted octanol–water partition coefficient (Wildman–Crippen LogP) is 2.28. The average molecular weight is 485 g/mol. The van der Waals surface area contributed by atoms with Gasteiger partial charge in [-0.2, -0.15) is 0 Å². The summed E-state index contributed by atoms with van der Waals surface area (Å²) in [5, 5.41) is 0. The van der Waals surface area contributed by atoms with Crippen molar-refractivity contribution in [2.24, 2.45) is 7.05 Å². The number of carbonyl (C=O) groups excluding carboxylic acids is 2. The van der Waals surface area contributed by atoms with Crippen LogP contribution in [0.1, 0.15) is 24.7 Å². The van der Waals surface area contributed by atoms with Gasteiger partial charge in [0.2, 0.25) is 10.0 Å². The van der Waals surface area contributed by atoms with Crippen molar-refractivity contribution in [1.29, 1.82) is 0 Å². The van der Waals surface area contributed by atoms with Crippen LogP contribution in [0.5, 0.6) is 0 Å². The highest BCUT2D eigenvalue weighted by Gasteiger charge is 2.29. The van der Waals surface area contributed by atoms with Gasteiger partial charge < -0.3 is 14.2 Å². The number of anilines is 1. The number of fused-ring (bicyclic) bond motifs is 2. The summed E-state index contributed by atoms with van der Waals surface area (Å²) in [5.41, 5.74) is 3.27. The van der Waals surface area contributed by atoms with E-state index in [-0.39, 0.29) is 17.2 Å². The molecule has 0 spiro atoms. The third kappa shape index (κ3) is 4.43. The molecule has 180 valence electrons. The van der Waals surface area contributed by atoms with Crippen molar-refractivity contribution in [1.82, 2.24) is 13.9 Å². The Balaban J connectivity index is 1.40. The maximum Gasteiger partial charge on any atom is 0.307 e. The number of ether oxygens (including phenoxy) is 1. The molecule has 9 nitrogen and oxygen atoms in total. The average Bonchev–Trinajstić information content (AvgIpc) is 3.37. The molecule has 34 heavy (non-hydrogen) atoms. The molecule has 0 bridgehead atoms. The molecule has 0 saturated carbocycles. The number of esters is 1. The van der Waals surface area contributed by atoms with Gasteiger partial charge in [0.05, 0.1) is 22.3 Å². The van der Waals surface area contributed by atoms with Gasteiger partial charge >= 0.3 is 5.97 Å². The van der Waals surface area contributed by atoms with Crippen molar-refractivity contribution in [3.63, 3.8) is 0 Å². The molecule has 1 amide bonds. The van der Waals surface area contributed by atoms with Crippen molar-refractivity contribution in [3.8, 4) is 0 Å². The number of sulfonamides is 1. The lowest BCUT2D eigenvalue weighted by Gasteiger charge is -2.21. The molecule has 0 unspecified atom stereocenters. The Morgan fingerprint density at radius 3 is 2.65 bits per heavy atom. The summed E-state index contributed by atoms with van der Waals surface area (Å²) < 4.78 is 33.2. The summed E-state index contributed by atoms with van der Waals surface area (Å²) in [7, 11) is 1.19. The highest BCUT2D eigenvalue weighted by Crippen LogP contribution is 2.28. The first kappa shape index (κ1) is 23.9. The van der Waals surface area contributed by atoms with Crippen molar-refractivity contribution in [2.45, 2.75) is 37.2 Å². The smallest absolute Gasteiger partial charge is 0.307 e. The molecular weight excluding hydrogens is 456 g/mol. The Labute approximate surface area is 199 Å². The summed E-state index contributed by atoms with van der Waals surface area (Å²) in [6, 6.07) is 12.5. The molecule has 2 heterocycles. The molecule has 0 aliphatic carbocycles. The van der Waals surface area contributed by atoms with Crippen LogP contribution >= 0.6 is 0 Å². The van der Waals surface area contributed by atoms with Gasteiger partial charge in [0.1, 0.15) is 5.82 Å². The largest absolute Gasteiger partial charge is 0.453 e. The number of carbonyl (C=O) groups is 2. The molecule has 1 aliphatic heterocycles. The number of hydrogen-bond donors (Lipinski definition) is 0. The van der Waals surface area contributed by atoms with Gasteiger partial charge in [-0.25, -0.2) is 17.7 Å². The first-order valence-corrected chi connectivity index (χ1v) is 12.5. The van der Waals surface area contributed by atoms with Crippen LogP contribution < -0.4 is 4.90 Å². The second kappa shape index (κ2) is 9.19. The van der Waals surface area contributed by atoms with Crippen molar-refractivity contribution < 1.29 is 22.7 Å². The molecule has 1 aromatic heterocycles. The van der Waals surface area contributed by atoms with E-state index in [0.717, 1.165) is 27.5 Å². The summed E-state index contributed by atoms with van der Waals surface area (Å²) >= 11 is 0. The van der Waals surface area contributed by atoms with E-state index in [2.05, 4.69) is 4.98 Å². The zero-order chi connectivity index (χ0) is 24.6. The summed E-state index contributed by atoms with van der Waals surface area (Å²) in [5.74, 6) is -0.106. The number of imidazole rings is 1. The highest BCUT2D eigenvalue weighted by atomic mass is 32.2. The Hall–Kier alpha value is -3.24. The van der Waals surface area contributed by atoms with Gasteiger partial charge in [0.15, 0.2) is 6.10 Å². The van der Waals surface area contributed by atoms with Crippen molar-refractivity contribution in [2.75, 3.05) is 25.5 Å². The lowest BCUT2D eigenvalue weighted by molar-refractivity contribution is -0.153. The van der Waals surface area contributed by atoms with E-state index in [1.807, 2.05) is 35.9 Å². The molecule has 3 aromatic rings. The van der Waals surface area contributed by atoms with E-state index in [4.69, 9.17) is 4.74 Å². The second-order valence-corrected chi connectivity index (χ2v) is 10.7. The van der Waals surface area contributed by atoms with Crippen LogP contribution in [0.3, 0.4) is 0 Å². The Morgan fingerprint density at radius 1 is 1.18 bits per heavy atom. The number of rotatable bonds is 7. The topological polar surface area (TPSA) is 102 Å². The number of benzene rings is 2. The lowest BCUT2D eigenvalue weighted by atomic mass is 10.2. The molecule has 0 N–H and O–H groups in total. The predicted molar refractivity (Wildman–Crippen MR) is 128 cm³/mol. The minimum Gasteiger partial charge on any atom is -0.453 e. The molecule has 4 rings (SSSR count). The van der Waals surface area contributed by atoms with Gasteiger partial charge in [-0.05, 0) is 43.2 Å².